The molecular formula is C22H23N9OS. The predicted molar refractivity (Wildman–Crippen MR) is 126 cm³/mol. The highest BCUT2D eigenvalue weighted by atomic mass is 32.1. The number of nitrogens with zero attached hydrogens (tertiary/aromatic N) is 8. The van der Waals surface area contributed by atoms with Gasteiger partial charge in [-0.2, -0.15) is 0 Å². The lowest BCUT2D eigenvalue weighted by Gasteiger charge is -2.27. The number of imidazole rings is 1. The predicted octanol–water partition coefficient (Wildman–Crippen LogP) is 3.00. The van der Waals surface area contributed by atoms with Crippen LogP contribution in [0.25, 0.3) is 32.8 Å². The third kappa shape index (κ3) is 3.83. The van der Waals surface area contributed by atoms with Crippen LogP contribution in [0.1, 0.15) is 31.2 Å². The van der Waals surface area contributed by atoms with Gasteiger partial charge in [-0.05, 0) is 47.0 Å². The Balaban J connectivity index is 1.24. The zero-order valence-electron chi connectivity index (χ0n) is 18.1. The van der Waals surface area contributed by atoms with Crippen LogP contribution in [0.15, 0.2) is 36.8 Å². The van der Waals surface area contributed by atoms with E-state index in [0.717, 1.165) is 63.3 Å². The van der Waals surface area contributed by atoms with Crippen LogP contribution in [0.4, 0.5) is 5.13 Å². The molecule has 2 atom stereocenters. The summed E-state index contributed by atoms with van der Waals surface area (Å²) < 4.78 is 4.77. The van der Waals surface area contributed by atoms with Crippen molar-refractivity contribution >= 4 is 37.8 Å². The Kier molecular flexibility index (Phi) is 4.99. The fraction of sp³-hybridized carbons (Fsp3) is 0.364. The minimum atomic E-state index is -0.297. The monoisotopic (exact) mass is 461 g/mol. The van der Waals surface area contributed by atoms with Gasteiger partial charge in [0.15, 0.2) is 16.6 Å². The summed E-state index contributed by atoms with van der Waals surface area (Å²) in [4.78, 5) is 13.9. The lowest BCUT2D eigenvalue weighted by molar-refractivity contribution is 0.116. The van der Waals surface area contributed by atoms with E-state index >= 15 is 0 Å². The average molecular weight is 462 g/mol. The molecule has 1 saturated carbocycles. The molecule has 4 heterocycles. The maximum absolute atomic E-state index is 10.3. The van der Waals surface area contributed by atoms with E-state index in [2.05, 4.69) is 49.0 Å². The second kappa shape index (κ2) is 8.16. The third-order valence-electron chi connectivity index (χ3n) is 6.18. The Morgan fingerprint density at radius 1 is 1.15 bits per heavy atom. The summed E-state index contributed by atoms with van der Waals surface area (Å²) in [6.45, 7) is 0.659. The number of pyridine rings is 1. The fourth-order valence-electron chi connectivity index (χ4n) is 4.42. The first-order valence-electron chi connectivity index (χ1n) is 11.0. The molecule has 0 spiro atoms. The number of fused-ring (bicyclic) bond motifs is 2. The van der Waals surface area contributed by atoms with Gasteiger partial charge in [0.05, 0.1) is 35.2 Å². The van der Waals surface area contributed by atoms with Crippen molar-refractivity contribution in [2.24, 2.45) is 7.05 Å². The van der Waals surface area contributed by atoms with Gasteiger partial charge in [-0.1, -0.05) is 30.2 Å². The molecule has 1 fully saturated rings. The molecule has 5 aromatic rings. The number of hydrogen-bond donors (Lipinski definition) is 2. The van der Waals surface area contributed by atoms with Crippen LogP contribution in [0.2, 0.25) is 0 Å². The van der Waals surface area contributed by atoms with Crippen LogP contribution in [0, 0.1) is 0 Å². The van der Waals surface area contributed by atoms with Gasteiger partial charge >= 0.3 is 0 Å². The Morgan fingerprint density at radius 3 is 2.91 bits per heavy atom. The quantitative estimate of drug-likeness (QED) is 0.410. The summed E-state index contributed by atoms with van der Waals surface area (Å²) in [5.41, 5.74) is 4.55. The average Bonchev–Trinajstić information content (AvgIpc) is 3.53. The molecule has 1 aromatic carbocycles. The summed E-state index contributed by atoms with van der Waals surface area (Å²) in [6, 6.07) is 8.35. The molecule has 1 aliphatic rings. The minimum Gasteiger partial charge on any atom is -0.391 e. The van der Waals surface area contributed by atoms with E-state index in [1.165, 1.54) is 0 Å². The second-order valence-electron chi connectivity index (χ2n) is 8.49. The van der Waals surface area contributed by atoms with Gasteiger partial charge in [-0.15, -0.1) is 5.10 Å². The second-order valence-corrected chi connectivity index (χ2v) is 9.52. The van der Waals surface area contributed by atoms with Crippen molar-refractivity contribution in [1.29, 1.82) is 0 Å². The number of benzene rings is 1. The summed E-state index contributed by atoms with van der Waals surface area (Å²) in [7, 11) is 1.80. The molecule has 4 aromatic heterocycles. The molecule has 2 N–H and O–H groups in total. The van der Waals surface area contributed by atoms with Crippen LogP contribution in [0.5, 0.6) is 0 Å². The van der Waals surface area contributed by atoms with E-state index < -0.39 is 0 Å². The third-order valence-corrected chi connectivity index (χ3v) is 7.13. The first kappa shape index (κ1) is 20.2. The Labute approximate surface area is 193 Å². The van der Waals surface area contributed by atoms with Gasteiger partial charge in [0.2, 0.25) is 0 Å². The summed E-state index contributed by atoms with van der Waals surface area (Å²) in [5.74, 6) is 0.653. The molecule has 0 radical (unpaired) electrons. The first-order chi connectivity index (χ1) is 16.1. The number of rotatable bonds is 5. The van der Waals surface area contributed by atoms with Crippen LogP contribution in [-0.4, -0.2) is 57.0 Å². The Bertz CT molecular complexity index is 1440. The lowest BCUT2D eigenvalue weighted by Crippen LogP contribution is -2.36. The van der Waals surface area contributed by atoms with Crippen molar-refractivity contribution in [3.63, 3.8) is 0 Å². The van der Waals surface area contributed by atoms with Crippen molar-refractivity contribution in [1.82, 2.24) is 39.7 Å². The van der Waals surface area contributed by atoms with Gasteiger partial charge in [0.1, 0.15) is 5.52 Å². The van der Waals surface area contributed by atoms with Crippen molar-refractivity contribution in [3.05, 3.63) is 42.4 Å². The maximum atomic E-state index is 10.3. The highest BCUT2D eigenvalue weighted by Gasteiger charge is 2.23. The number of aliphatic hydroxyl groups excluding tert-OH is 1. The summed E-state index contributed by atoms with van der Waals surface area (Å²) >= 11 is 1.63. The van der Waals surface area contributed by atoms with Crippen LogP contribution in [0.3, 0.4) is 0 Å². The molecule has 0 aliphatic heterocycles. The standard InChI is InChI=1S/C22H23N9OS/c1-30-20(27-28-29-30)14-9-17-21(23-10-14)31(12-24-17)11-13-6-7-16-19(8-13)33-22(26-16)25-15-4-2-3-5-18(15)32/h6-10,12,15,18,32H,2-5,11H2,1H3,(H,25,26)/t15-,18-/m1/s1. The number of thiazole rings is 1. The maximum Gasteiger partial charge on any atom is 0.184 e. The molecule has 11 heteroatoms. The number of hydrogen-bond acceptors (Lipinski definition) is 9. The molecule has 6 rings (SSSR count). The highest BCUT2D eigenvalue weighted by molar-refractivity contribution is 7.22. The molecule has 0 saturated heterocycles. The smallest absolute Gasteiger partial charge is 0.184 e. The van der Waals surface area contributed by atoms with Crippen LogP contribution < -0.4 is 5.32 Å². The number of aromatic nitrogens is 8. The van der Waals surface area contributed by atoms with Crippen molar-refractivity contribution in [3.8, 4) is 11.4 Å². The van der Waals surface area contributed by atoms with Gasteiger partial charge < -0.3 is 15.0 Å². The molecule has 0 bridgehead atoms. The zero-order chi connectivity index (χ0) is 22.4. The van der Waals surface area contributed by atoms with E-state index in [0.29, 0.717) is 12.4 Å². The van der Waals surface area contributed by atoms with E-state index in [1.807, 2.05) is 17.0 Å². The largest absolute Gasteiger partial charge is 0.391 e. The molecule has 1 aliphatic carbocycles. The minimum absolute atomic E-state index is 0.0874. The normalized spacial score (nSPS) is 18.8. The molecule has 168 valence electrons. The topological polar surface area (TPSA) is 119 Å². The number of anilines is 1. The summed E-state index contributed by atoms with van der Waals surface area (Å²) in [5, 5.41) is 26.2. The van der Waals surface area contributed by atoms with Crippen LogP contribution in [-0.2, 0) is 13.6 Å². The van der Waals surface area contributed by atoms with E-state index in [9.17, 15) is 5.11 Å². The fourth-order valence-corrected chi connectivity index (χ4v) is 5.42. The van der Waals surface area contributed by atoms with Crippen molar-refractivity contribution < 1.29 is 5.11 Å². The molecule has 33 heavy (non-hydrogen) atoms. The number of tetrazole rings is 1. The van der Waals surface area contributed by atoms with E-state index in [1.54, 1.807) is 29.3 Å². The number of aliphatic hydroxyl groups is 1. The molecule has 0 amide bonds. The van der Waals surface area contributed by atoms with Gasteiger partial charge in [-0.25, -0.2) is 19.6 Å². The van der Waals surface area contributed by atoms with Crippen molar-refractivity contribution in [2.75, 3.05) is 5.32 Å². The van der Waals surface area contributed by atoms with Gasteiger partial charge in [0, 0.05) is 18.8 Å². The van der Waals surface area contributed by atoms with Gasteiger partial charge in [-0.3, -0.25) is 0 Å². The molecule has 10 nitrogen and oxygen atoms in total. The Hall–Kier alpha value is -3.44. The molecular weight excluding hydrogens is 438 g/mol. The zero-order valence-corrected chi connectivity index (χ0v) is 18.9. The SMILES string of the molecule is Cn1nnnc1-c1cnc2c(c1)ncn2Cc1ccc2nc(N[C@@H]3CCCC[C@H]3O)sc2c1. The van der Waals surface area contributed by atoms with E-state index in [-0.39, 0.29) is 12.1 Å². The molecule has 0 unspecified atom stereocenters. The number of aryl methyl sites for hydroxylation is 1. The summed E-state index contributed by atoms with van der Waals surface area (Å²) in [6.07, 6.45) is 7.37. The Morgan fingerprint density at radius 2 is 2.06 bits per heavy atom. The number of nitrogens with one attached hydrogen (secondary N) is 1. The van der Waals surface area contributed by atoms with E-state index in [4.69, 9.17) is 4.98 Å². The highest BCUT2D eigenvalue weighted by Crippen LogP contribution is 2.30. The van der Waals surface area contributed by atoms with Crippen LogP contribution >= 0.6 is 11.3 Å². The first-order valence-corrected chi connectivity index (χ1v) is 11.8. The van der Waals surface area contributed by atoms with Crippen molar-refractivity contribution in [2.45, 2.75) is 44.4 Å². The van der Waals surface area contributed by atoms with Gasteiger partial charge in [0.25, 0.3) is 0 Å². The lowest BCUT2D eigenvalue weighted by atomic mass is 9.93.